The number of hydrogen-bond donors (Lipinski definition) is 3. The van der Waals surface area contributed by atoms with Crippen molar-refractivity contribution in [3.05, 3.63) is 87.9 Å². The van der Waals surface area contributed by atoms with E-state index in [9.17, 15) is 19.2 Å². The van der Waals surface area contributed by atoms with E-state index in [1.807, 2.05) is 6.07 Å². The number of para-hydroxylation sites is 1. The maximum atomic E-state index is 12.8. The number of rotatable bonds is 5. The predicted molar refractivity (Wildman–Crippen MR) is 131 cm³/mol. The lowest BCUT2D eigenvalue weighted by molar-refractivity contribution is -0.119. The van der Waals surface area contributed by atoms with Crippen LogP contribution >= 0.6 is 23.2 Å². The lowest BCUT2D eigenvalue weighted by Crippen LogP contribution is -2.45. The number of nitrogens with zero attached hydrogens (tertiary/aromatic N) is 1. The molecule has 1 aliphatic rings. The second-order valence-corrected chi connectivity index (χ2v) is 8.30. The Kier molecular flexibility index (Phi) is 6.54. The second-order valence-electron chi connectivity index (χ2n) is 7.48. The fraction of sp³-hybridized carbons (Fsp3) is 0.0833. The van der Waals surface area contributed by atoms with Crippen molar-refractivity contribution < 1.29 is 19.2 Å². The van der Waals surface area contributed by atoms with Crippen LogP contribution in [0.3, 0.4) is 0 Å². The summed E-state index contributed by atoms with van der Waals surface area (Å²) in [4.78, 5) is 51.4. The van der Waals surface area contributed by atoms with E-state index in [-0.39, 0.29) is 21.2 Å². The van der Waals surface area contributed by atoms with E-state index in [2.05, 4.69) is 16.0 Å². The van der Waals surface area contributed by atoms with Gasteiger partial charge >= 0.3 is 6.03 Å². The highest BCUT2D eigenvalue weighted by molar-refractivity contribution is 6.43. The average molecular weight is 497 g/mol. The molecule has 0 aliphatic carbocycles. The van der Waals surface area contributed by atoms with Crippen molar-refractivity contribution in [3.8, 4) is 0 Å². The van der Waals surface area contributed by atoms with E-state index in [1.54, 1.807) is 48.5 Å². The number of urea groups is 1. The van der Waals surface area contributed by atoms with Crippen LogP contribution in [-0.2, 0) is 4.79 Å². The van der Waals surface area contributed by atoms with Crippen LogP contribution < -0.4 is 16.0 Å². The number of fused-ring (bicyclic) bond motifs is 1. The number of imide groups is 1. The molecule has 5 amide bonds. The van der Waals surface area contributed by atoms with Gasteiger partial charge in [-0.15, -0.1) is 0 Å². The first-order valence-corrected chi connectivity index (χ1v) is 10.9. The minimum Gasteiger partial charge on any atom is -0.324 e. The van der Waals surface area contributed by atoms with Crippen molar-refractivity contribution >= 4 is 64.0 Å². The summed E-state index contributed by atoms with van der Waals surface area (Å²) < 4.78 is 0. The molecule has 1 atom stereocenters. The van der Waals surface area contributed by atoms with Crippen LogP contribution in [-0.4, -0.2) is 34.7 Å². The maximum absolute atomic E-state index is 12.8. The minimum atomic E-state index is -1.11. The quantitative estimate of drug-likeness (QED) is 0.418. The molecule has 1 heterocycles. The molecule has 4 rings (SSSR count). The summed E-state index contributed by atoms with van der Waals surface area (Å²) in [5, 5.41) is 8.32. The van der Waals surface area contributed by atoms with E-state index in [4.69, 9.17) is 23.2 Å². The first-order chi connectivity index (χ1) is 16.2. The van der Waals surface area contributed by atoms with Gasteiger partial charge in [0.15, 0.2) is 0 Å². The minimum absolute atomic E-state index is 0.0923. The van der Waals surface area contributed by atoms with Gasteiger partial charge in [-0.05, 0) is 49.4 Å². The number of carbonyl (C=O) groups is 4. The van der Waals surface area contributed by atoms with Gasteiger partial charge in [-0.2, -0.15) is 0 Å². The van der Waals surface area contributed by atoms with Crippen molar-refractivity contribution in [1.82, 2.24) is 4.90 Å². The van der Waals surface area contributed by atoms with Gasteiger partial charge in [0.2, 0.25) is 5.91 Å². The molecule has 8 nitrogen and oxygen atoms in total. The highest BCUT2D eigenvalue weighted by Crippen LogP contribution is 2.32. The zero-order chi connectivity index (χ0) is 24.4. The summed E-state index contributed by atoms with van der Waals surface area (Å²) >= 11 is 11.9. The molecular formula is C24H18Cl2N4O4. The molecule has 0 spiro atoms. The molecule has 1 unspecified atom stereocenters. The molecule has 0 aromatic heterocycles. The lowest BCUT2D eigenvalue weighted by atomic mass is 10.1. The van der Waals surface area contributed by atoms with Gasteiger partial charge in [-0.1, -0.05) is 47.5 Å². The number of halogens is 2. The number of amides is 5. The normalized spacial score (nSPS) is 13.3. The number of nitrogens with one attached hydrogen (secondary N) is 3. The predicted octanol–water partition coefficient (Wildman–Crippen LogP) is 5.26. The Bertz CT molecular complexity index is 1270. The van der Waals surface area contributed by atoms with E-state index >= 15 is 0 Å². The SMILES string of the molecule is CC(C(=O)Nc1cccc(NC(=O)Nc2ccccc2)c1)N1C(=O)c2cc(Cl)c(Cl)cc2C1=O. The molecule has 0 saturated carbocycles. The number of anilines is 3. The fourth-order valence-electron chi connectivity index (χ4n) is 3.46. The van der Waals surface area contributed by atoms with Gasteiger partial charge < -0.3 is 16.0 Å². The molecule has 1 aliphatic heterocycles. The third-order valence-electron chi connectivity index (χ3n) is 5.15. The zero-order valence-electron chi connectivity index (χ0n) is 17.8. The Hall–Kier alpha value is -3.88. The van der Waals surface area contributed by atoms with Crippen LogP contribution in [0.2, 0.25) is 10.0 Å². The van der Waals surface area contributed by atoms with E-state index in [0.29, 0.717) is 17.1 Å². The monoisotopic (exact) mass is 496 g/mol. The number of benzene rings is 3. The Morgan fingerprint density at radius 1 is 0.735 bits per heavy atom. The van der Waals surface area contributed by atoms with Gasteiger partial charge in [0.05, 0.1) is 21.2 Å². The Morgan fingerprint density at radius 3 is 1.82 bits per heavy atom. The third-order valence-corrected chi connectivity index (χ3v) is 5.87. The molecule has 34 heavy (non-hydrogen) atoms. The van der Waals surface area contributed by atoms with Crippen LogP contribution in [0, 0.1) is 0 Å². The van der Waals surface area contributed by atoms with Crippen molar-refractivity contribution in [2.75, 3.05) is 16.0 Å². The molecule has 0 radical (unpaired) electrons. The largest absolute Gasteiger partial charge is 0.324 e. The summed E-state index contributed by atoms with van der Waals surface area (Å²) in [6.45, 7) is 1.44. The van der Waals surface area contributed by atoms with E-state index in [0.717, 1.165) is 4.90 Å². The average Bonchev–Trinajstić information content (AvgIpc) is 3.03. The maximum Gasteiger partial charge on any atom is 0.323 e. The molecule has 0 fully saturated rings. The van der Waals surface area contributed by atoms with Crippen molar-refractivity contribution in [2.45, 2.75) is 13.0 Å². The molecule has 172 valence electrons. The summed E-state index contributed by atoms with van der Waals surface area (Å²) in [5.41, 5.74) is 1.62. The van der Waals surface area contributed by atoms with Crippen LogP contribution in [0.5, 0.6) is 0 Å². The highest BCUT2D eigenvalue weighted by atomic mass is 35.5. The molecule has 0 bridgehead atoms. The van der Waals surface area contributed by atoms with Crippen LogP contribution in [0.15, 0.2) is 66.7 Å². The molecule has 10 heteroatoms. The van der Waals surface area contributed by atoms with E-state index < -0.39 is 29.8 Å². The van der Waals surface area contributed by atoms with Crippen LogP contribution in [0.25, 0.3) is 0 Å². The second kappa shape index (κ2) is 9.54. The highest BCUT2D eigenvalue weighted by Gasteiger charge is 2.41. The smallest absolute Gasteiger partial charge is 0.323 e. The first-order valence-electron chi connectivity index (χ1n) is 10.2. The Morgan fingerprint density at radius 2 is 1.24 bits per heavy atom. The molecule has 0 saturated heterocycles. The Balaban J connectivity index is 1.43. The zero-order valence-corrected chi connectivity index (χ0v) is 19.3. The first kappa shape index (κ1) is 23.3. The van der Waals surface area contributed by atoms with Gasteiger partial charge in [0.1, 0.15) is 6.04 Å². The summed E-state index contributed by atoms with van der Waals surface area (Å²) in [6, 6.07) is 16.5. The molecule has 3 N–H and O–H groups in total. The summed E-state index contributed by atoms with van der Waals surface area (Å²) in [5.74, 6) is -1.85. The number of carbonyl (C=O) groups excluding carboxylic acids is 4. The number of hydrogen-bond acceptors (Lipinski definition) is 4. The molecule has 3 aromatic rings. The van der Waals surface area contributed by atoms with Gasteiger partial charge in [0.25, 0.3) is 11.8 Å². The summed E-state index contributed by atoms with van der Waals surface area (Å²) in [6.07, 6.45) is 0. The van der Waals surface area contributed by atoms with Gasteiger partial charge in [-0.25, -0.2) is 4.79 Å². The van der Waals surface area contributed by atoms with Crippen LogP contribution in [0.4, 0.5) is 21.9 Å². The lowest BCUT2D eigenvalue weighted by Gasteiger charge is -2.21. The van der Waals surface area contributed by atoms with E-state index in [1.165, 1.54) is 19.1 Å². The molecular weight excluding hydrogens is 479 g/mol. The molecule has 3 aromatic carbocycles. The van der Waals surface area contributed by atoms with Gasteiger partial charge in [-0.3, -0.25) is 19.3 Å². The standard InChI is InChI=1S/C24H18Cl2N4O4/c1-13(30-22(32)17-11-19(25)20(26)12-18(17)23(30)33)21(31)27-15-8-5-9-16(10-15)29-24(34)28-14-6-3-2-4-7-14/h2-13H,1H3,(H,27,31)(H2,28,29,34). The van der Waals surface area contributed by atoms with Gasteiger partial charge in [0, 0.05) is 17.1 Å². The topological polar surface area (TPSA) is 108 Å². The van der Waals surface area contributed by atoms with Crippen molar-refractivity contribution in [1.29, 1.82) is 0 Å². The van der Waals surface area contributed by atoms with Crippen molar-refractivity contribution in [3.63, 3.8) is 0 Å². The van der Waals surface area contributed by atoms with Crippen LogP contribution in [0.1, 0.15) is 27.6 Å². The summed E-state index contributed by atoms with van der Waals surface area (Å²) in [7, 11) is 0. The van der Waals surface area contributed by atoms with Crippen molar-refractivity contribution in [2.24, 2.45) is 0 Å². The fourth-order valence-corrected chi connectivity index (χ4v) is 3.79. The third kappa shape index (κ3) is 4.73. The Labute approximate surface area is 204 Å².